The first-order valence-electron chi connectivity index (χ1n) is 6.08. The van der Waals surface area contributed by atoms with Crippen LogP contribution in [0.2, 0.25) is 0 Å². The summed E-state index contributed by atoms with van der Waals surface area (Å²) in [5, 5.41) is 3.35. The third kappa shape index (κ3) is 7.09. The molecule has 0 aliphatic rings. The van der Waals surface area contributed by atoms with E-state index >= 15 is 0 Å². The lowest BCUT2D eigenvalue weighted by molar-refractivity contribution is -0.136. The molecule has 0 fully saturated rings. The van der Waals surface area contributed by atoms with Crippen molar-refractivity contribution in [1.29, 1.82) is 0 Å². The number of hydrogen-bond donors (Lipinski definition) is 1. The summed E-state index contributed by atoms with van der Waals surface area (Å²) in [6.45, 7) is 9.13. The van der Waals surface area contributed by atoms with Crippen molar-refractivity contribution in [3.8, 4) is 0 Å². The first-order valence-corrected chi connectivity index (χ1v) is 6.08. The second kappa shape index (κ2) is 7.15. The summed E-state index contributed by atoms with van der Waals surface area (Å²) in [6.07, 6.45) is -3.80. The smallest absolute Gasteiger partial charge is 0.314 e. The fourth-order valence-electron chi connectivity index (χ4n) is 2.13. The molecule has 0 rings (SSSR count). The summed E-state index contributed by atoms with van der Waals surface area (Å²) < 4.78 is 36.0. The van der Waals surface area contributed by atoms with Crippen LogP contribution in [0.3, 0.4) is 0 Å². The monoisotopic (exact) mass is 239 g/mol. The molecule has 2 unspecified atom stereocenters. The van der Waals surface area contributed by atoms with E-state index in [4.69, 9.17) is 0 Å². The van der Waals surface area contributed by atoms with Gasteiger partial charge in [0.1, 0.15) is 0 Å². The Bertz CT molecular complexity index is 178. The summed E-state index contributed by atoms with van der Waals surface area (Å²) in [7, 11) is 0. The Balaban J connectivity index is 3.96. The van der Waals surface area contributed by atoms with E-state index in [0.717, 1.165) is 6.54 Å². The van der Waals surface area contributed by atoms with Crippen LogP contribution < -0.4 is 5.32 Å². The Kier molecular flexibility index (Phi) is 7.04. The van der Waals surface area contributed by atoms with Crippen LogP contribution in [0.5, 0.6) is 0 Å². The molecule has 4 heteroatoms. The maximum absolute atomic E-state index is 12.0. The highest BCUT2D eigenvalue weighted by molar-refractivity contribution is 4.76. The molecule has 0 aliphatic carbocycles. The zero-order chi connectivity index (χ0) is 12.8. The van der Waals surface area contributed by atoms with Crippen molar-refractivity contribution in [3.05, 3.63) is 0 Å². The molecule has 0 heterocycles. The lowest BCUT2D eigenvalue weighted by atomic mass is 9.88. The van der Waals surface area contributed by atoms with Crippen LogP contribution in [-0.2, 0) is 0 Å². The van der Waals surface area contributed by atoms with Crippen molar-refractivity contribution in [1.82, 2.24) is 5.32 Å². The molecular formula is C12H24F3N. The number of hydrogen-bond acceptors (Lipinski definition) is 1. The van der Waals surface area contributed by atoms with Crippen LogP contribution in [0.1, 0.15) is 47.0 Å². The van der Waals surface area contributed by atoms with E-state index in [0.29, 0.717) is 24.3 Å². The van der Waals surface area contributed by atoms with Crippen LogP contribution in [0, 0.1) is 11.8 Å². The van der Waals surface area contributed by atoms with Gasteiger partial charge in [0.05, 0.1) is 0 Å². The van der Waals surface area contributed by atoms with E-state index < -0.39 is 12.6 Å². The van der Waals surface area contributed by atoms with Gasteiger partial charge in [-0.25, -0.2) is 0 Å². The molecule has 0 amide bonds. The van der Waals surface area contributed by atoms with E-state index in [1.807, 2.05) is 13.8 Å². The molecule has 0 aromatic heterocycles. The molecule has 1 nitrogen and oxygen atoms in total. The fraction of sp³-hybridized carbons (Fsp3) is 1.00. The van der Waals surface area contributed by atoms with Gasteiger partial charge >= 0.3 is 6.18 Å². The maximum atomic E-state index is 12.0. The molecule has 0 aromatic carbocycles. The second-order valence-corrected chi connectivity index (χ2v) is 4.81. The molecule has 0 bridgehead atoms. The minimum atomic E-state index is -4.01. The van der Waals surface area contributed by atoms with Crippen LogP contribution in [0.25, 0.3) is 0 Å². The van der Waals surface area contributed by atoms with E-state index in [9.17, 15) is 13.2 Å². The summed E-state index contributed by atoms with van der Waals surface area (Å²) in [6, 6.07) is 0.318. The van der Waals surface area contributed by atoms with Crippen LogP contribution in [0.4, 0.5) is 13.2 Å². The van der Waals surface area contributed by atoms with Crippen molar-refractivity contribution < 1.29 is 13.2 Å². The highest BCUT2D eigenvalue weighted by atomic mass is 19.4. The SMILES string of the molecule is CCNC(C(C)C)C(C)CCCC(F)(F)F. The molecule has 98 valence electrons. The van der Waals surface area contributed by atoms with Gasteiger partial charge in [-0.05, 0) is 31.2 Å². The van der Waals surface area contributed by atoms with Gasteiger partial charge in [0.25, 0.3) is 0 Å². The van der Waals surface area contributed by atoms with E-state index in [-0.39, 0.29) is 6.42 Å². The molecule has 0 saturated carbocycles. The number of rotatable bonds is 7. The molecule has 0 spiro atoms. The van der Waals surface area contributed by atoms with E-state index in [1.54, 1.807) is 0 Å². The Hall–Kier alpha value is -0.250. The highest BCUT2D eigenvalue weighted by Gasteiger charge is 2.27. The normalized spacial score (nSPS) is 16.5. The third-order valence-corrected chi connectivity index (χ3v) is 2.89. The van der Waals surface area contributed by atoms with E-state index in [2.05, 4.69) is 19.2 Å². The Morgan fingerprint density at radius 3 is 2.06 bits per heavy atom. The van der Waals surface area contributed by atoms with Crippen LogP contribution in [0.15, 0.2) is 0 Å². The van der Waals surface area contributed by atoms with Crippen molar-refractivity contribution in [3.63, 3.8) is 0 Å². The largest absolute Gasteiger partial charge is 0.389 e. The molecule has 0 saturated heterocycles. The van der Waals surface area contributed by atoms with E-state index in [1.165, 1.54) is 0 Å². The molecule has 16 heavy (non-hydrogen) atoms. The summed E-state index contributed by atoms with van der Waals surface area (Å²) >= 11 is 0. The minimum absolute atomic E-state index is 0.235. The van der Waals surface area contributed by atoms with Gasteiger partial charge in [0.15, 0.2) is 0 Å². The predicted octanol–water partition coefficient (Wildman–Crippen LogP) is 3.99. The third-order valence-electron chi connectivity index (χ3n) is 2.89. The topological polar surface area (TPSA) is 12.0 Å². The first kappa shape index (κ1) is 15.8. The Labute approximate surface area is 96.8 Å². The van der Waals surface area contributed by atoms with Crippen LogP contribution in [-0.4, -0.2) is 18.8 Å². The summed E-state index contributed by atoms with van der Waals surface area (Å²) in [5.41, 5.74) is 0. The fourth-order valence-corrected chi connectivity index (χ4v) is 2.13. The lowest BCUT2D eigenvalue weighted by Crippen LogP contribution is -2.39. The first-order chi connectivity index (χ1) is 7.28. The molecule has 0 aromatic rings. The van der Waals surface area contributed by atoms with Gasteiger partial charge in [-0.15, -0.1) is 0 Å². The van der Waals surface area contributed by atoms with Crippen molar-refractivity contribution in [2.24, 2.45) is 11.8 Å². The predicted molar refractivity (Wildman–Crippen MR) is 61.4 cm³/mol. The molecule has 0 radical (unpaired) electrons. The number of alkyl halides is 3. The standard InChI is InChI=1S/C12H24F3N/c1-5-16-11(9(2)3)10(4)7-6-8-12(13,14)15/h9-11,16H,5-8H2,1-4H3. The minimum Gasteiger partial charge on any atom is -0.314 e. The zero-order valence-corrected chi connectivity index (χ0v) is 10.7. The highest BCUT2D eigenvalue weighted by Crippen LogP contribution is 2.25. The van der Waals surface area contributed by atoms with Gasteiger partial charge in [0, 0.05) is 12.5 Å². The number of nitrogens with one attached hydrogen (secondary N) is 1. The van der Waals surface area contributed by atoms with Gasteiger partial charge in [-0.1, -0.05) is 27.7 Å². The molecule has 1 N–H and O–H groups in total. The maximum Gasteiger partial charge on any atom is 0.389 e. The number of halogens is 3. The zero-order valence-electron chi connectivity index (χ0n) is 10.7. The average Bonchev–Trinajstić information content (AvgIpc) is 2.11. The molecule has 0 aliphatic heterocycles. The Morgan fingerprint density at radius 2 is 1.69 bits per heavy atom. The summed E-state index contributed by atoms with van der Waals surface area (Å²) in [4.78, 5) is 0. The summed E-state index contributed by atoms with van der Waals surface area (Å²) in [5.74, 6) is 0.753. The second-order valence-electron chi connectivity index (χ2n) is 4.81. The van der Waals surface area contributed by atoms with Crippen molar-refractivity contribution in [2.45, 2.75) is 59.2 Å². The van der Waals surface area contributed by atoms with Gasteiger partial charge in [-0.3, -0.25) is 0 Å². The average molecular weight is 239 g/mol. The van der Waals surface area contributed by atoms with Crippen LogP contribution >= 0.6 is 0 Å². The van der Waals surface area contributed by atoms with Gasteiger partial charge in [-0.2, -0.15) is 13.2 Å². The molecular weight excluding hydrogens is 215 g/mol. The van der Waals surface area contributed by atoms with Crippen molar-refractivity contribution >= 4 is 0 Å². The van der Waals surface area contributed by atoms with Crippen molar-refractivity contribution in [2.75, 3.05) is 6.54 Å². The quantitative estimate of drug-likeness (QED) is 0.708. The van der Waals surface area contributed by atoms with Gasteiger partial charge < -0.3 is 5.32 Å². The molecule has 2 atom stereocenters. The van der Waals surface area contributed by atoms with Gasteiger partial charge in [0.2, 0.25) is 0 Å². The Morgan fingerprint density at radius 1 is 1.12 bits per heavy atom. The lowest BCUT2D eigenvalue weighted by Gasteiger charge is -2.28.